The molecule has 0 spiro atoms. The van der Waals surface area contributed by atoms with Crippen molar-refractivity contribution in [1.29, 1.82) is 5.26 Å². The third-order valence-electron chi connectivity index (χ3n) is 3.63. The van der Waals surface area contributed by atoms with E-state index in [1.54, 1.807) is 18.3 Å². The lowest BCUT2D eigenvalue weighted by Crippen LogP contribution is -2.56. The summed E-state index contributed by atoms with van der Waals surface area (Å²) in [5, 5.41) is 45.0. The Balaban J connectivity index is 1.87. The summed E-state index contributed by atoms with van der Waals surface area (Å²) in [6.45, 7) is -0.289. The fourth-order valence-corrected chi connectivity index (χ4v) is 2.43. The molecule has 4 atom stereocenters. The van der Waals surface area contributed by atoms with E-state index in [0.717, 1.165) is 0 Å². The van der Waals surface area contributed by atoms with Crippen molar-refractivity contribution in [2.24, 2.45) is 0 Å². The van der Waals surface area contributed by atoms with E-state index in [4.69, 9.17) is 15.1 Å². The second kappa shape index (κ2) is 5.86. The fourth-order valence-electron chi connectivity index (χ4n) is 2.43. The maximum Gasteiger partial charge on any atom is 0.253 e. The van der Waals surface area contributed by atoms with E-state index < -0.39 is 24.4 Å². The lowest BCUT2D eigenvalue weighted by Gasteiger charge is -2.37. The Bertz CT molecular complexity index is 712. The topological polar surface area (TPSA) is 136 Å². The summed E-state index contributed by atoms with van der Waals surface area (Å²) in [7, 11) is 0. The van der Waals surface area contributed by atoms with Crippen LogP contribution in [0.15, 0.2) is 18.3 Å². The maximum atomic E-state index is 10.1. The Morgan fingerprint density at radius 2 is 2.27 bits per heavy atom. The molecule has 1 saturated heterocycles. The number of hydrogen-bond acceptors (Lipinski definition) is 8. The minimum atomic E-state index is -1.21. The number of ether oxygens (including phenoxy) is 1. The second-order valence-electron chi connectivity index (χ2n) is 5.02. The minimum absolute atomic E-state index is 0.0220. The zero-order chi connectivity index (χ0) is 15.7. The molecule has 0 bridgehead atoms. The van der Waals surface area contributed by atoms with Gasteiger partial charge in [-0.2, -0.15) is 10.2 Å². The lowest BCUT2D eigenvalue weighted by molar-refractivity contribution is -0.152. The van der Waals surface area contributed by atoms with Gasteiger partial charge < -0.3 is 25.4 Å². The fraction of sp³-hybridized carbons (Fsp3) is 0.462. The molecule has 3 rings (SSSR count). The number of nitriles is 1. The van der Waals surface area contributed by atoms with Crippen LogP contribution < -0.4 is 5.32 Å². The molecule has 0 unspecified atom stereocenters. The molecular weight excluding hydrogens is 290 g/mol. The molecule has 4 N–H and O–H groups in total. The number of anilines is 1. The van der Waals surface area contributed by atoms with Crippen molar-refractivity contribution in [1.82, 2.24) is 14.6 Å². The molecular formula is C13H15N5O4. The molecule has 22 heavy (non-hydrogen) atoms. The molecule has 2 aromatic rings. The summed E-state index contributed by atoms with van der Waals surface area (Å²) in [6.07, 6.45) is -1.49. The molecule has 1 aliphatic rings. The molecule has 0 aromatic carbocycles. The van der Waals surface area contributed by atoms with Crippen LogP contribution in [0.1, 0.15) is 5.82 Å². The third kappa shape index (κ3) is 2.49. The highest BCUT2D eigenvalue weighted by Gasteiger charge is 2.38. The van der Waals surface area contributed by atoms with Gasteiger partial charge in [0.05, 0.1) is 19.3 Å². The average molecular weight is 305 g/mol. The van der Waals surface area contributed by atoms with Gasteiger partial charge in [-0.1, -0.05) is 0 Å². The van der Waals surface area contributed by atoms with Crippen molar-refractivity contribution in [3.05, 3.63) is 24.2 Å². The van der Waals surface area contributed by atoms with Gasteiger partial charge in [0, 0.05) is 6.20 Å². The van der Waals surface area contributed by atoms with Crippen molar-refractivity contribution in [2.75, 3.05) is 18.5 Å². The van der Waals surface area contributed by atoms with Crippen LogP contribution >= 0.6 is 0 Å². The SMILES string of the molecule is N#Cc1nc(N[C@H]2CO[C@H](CO)[C@H](O)[C@@H]2O)c2cccn2n1. The van der Waals surface area contributed by atoms with Crippen molar-refractivity contribution in [3.63, 3.8) is 0 Å². The highest BCUT2D eigenvalue weighted by Crippen LogP contribution is 2.21. The number of rotatable bonds is 3. The van der Waals surface area contributed by atoms with Gasteiger partial charge in [-0.3, -0.25) is 0 Å². The van der Waals surface area contributed by atoms with Crippen LogP contribution in [0.5, 0.6) is 0 Å². The molecule has 3 heterocycles. The number of aliphatic hydroxyl groups excluding tert-OH is 3. The molecule has 116 valence electrons. The number of hydrogen-bond donors (Lipinski definition) is 4. The zero-order valence-corrected chi connectivity index (χ0v) is 11.5. The Kier molecular flexibility index (Phi) is 3.91. The summed E-state index contributed by atoms with van der Waals surface area (Å²) in [5.41, 5.74) is 0.630. The predicted molar refractivity (Wildman–Crippen MR) is 74.0 cm³/mol. The van der Waals surface area contributed by atoms with E-state index in [0.29, 0.717) is 11.3 Å². The van der Waals surface area contributed by atoms with Crippen LogP contribution in [0.3, 0.4) is 0 Å². The highest BCUT2D eigenvalue weighted by atomic mass is 16.5. The number of nitrogens with zero attached hydrogens (tertiary/aromatic N) is 4. The van der Waals surface area contributed by atoms with Crippen molar-refractivity contribution >= 4 is 11.3 Å². The van der Waals surface area contributed by atoms with E-state index in [2.05, 4.69) is 15.4 Å². The Hall–Kier alpha value is -2.25. The summed E-state index contributed by atoms with van der Waals surface area (Å²) in [4.78, 5) is 4.08. The third-order valence-corrected chi connectivity index (χ3v) is 3.63. The van der Waals surface area contributed by atoms with Crippen LogP contribution in [0.25, 0.3) is 5.52 Å². The van der Waals surface area contributed by atoms with E-state index in [9.17, 15) is 10.2 Å². The van der Waals surface area contributed by atoms with Gasteiger partial charge in [0.1, 0.15) is 29.9 Å². The van der Waals surface area contributed by atoms with Gasteiger partial charge in [-0.25, -0.2) is 4.52 Å². The van der Waals surface area contributed by atoms with Crippen LogP contribution in [0.2, 0.25) is 0 Å². The standard InChI is InChI=1S/C13H15N5O4/c14-4-10-16-13(8-2-1-3-18(8)17-10)15-7-6-22-9(5-19)12(21)11(7)20/h1-3,7,9,11-12,19-21H,5-6H2,(H,15,16,17)/t7-,9+,11+,12-/m0/s1. The van der Waals surface area contributed by atoms with E-state index in [-0.39, 0.29) is 19.0 Å². The Labute approximate surface area is 125 Å². The van der Waals surface area contributed by atoms with E-state index in [1.165, 1.54) is 4.52 Å². The monoisotopic (exact) mass is 305 g/mol. The summed E-state index contributed by atoms with van der Waals surface area (Å²) in [5.74, 6) is 0.338. The van der Waals surface area contributed by atoms with Gasteiger partial charge in [0.25, 0.3) is 5.82 Å². The van der Waals surface area contributed by atoms with Crippen molar-refractivity contribution in [3.8, 4) is 6.07 Å². The smallest absolute Gasteiger partial charge is 0.253 e. The molecule has 0 radical (unpaired) electrons. The van der Waals surface area contributed by atoms with Gasteiger partial charge in [-0.15, -0.1) is 5.10 Å². The minimum Gasteiger partial charge on any atom is -0.394 e. The Morgan fingerprint density at radius 1 is 1.45 bits per heavy atom. The molecule has 0 saturated carbocycles. The summed E-state index contributed by atoms with van der Waals surface area (Å²) < 4.78 is 6.80. The normalized spacial score (nSPS) is 28.5. The first-order valence-corrected chi connectivity index (χ1v) is 6.74. The lowest BCUT2D eigenvalue weighted by atomic mass is 9.98. The molecule has 1 aliphatic heterocycles. The number of aliphatic hydroxyl groups is 3. The Morgan fingerprint density at radius 3 is 3.00 bits per heavy atom. The molecule has 0 amide bonds. The van der Waals surface area contributed by atoms with Crippen molar-refractivity contribution < 1.29 is 20.1 Å². The number of fused-ring (bicyclic) bond motifs is 1. The van der Waals surface area contributed by atoms with Crippen molar-refractivity contribution in [2.45, 2.75) is 24.4 Å². The average Bonchev–Trinajstić information content (AvgIpc) is 3.00. The molecule has 1 fully saturated rings. The molecule has 9 nitrogen and oxygen atoms in total. The first-order chi connectivity index (χ1) is 10.6. The van der Waals surface area contributed by atoms with Gasteiger partial charge in [0.2, 0.25) is 0 Å². The number of aromatic nitrogens is 3. The first kappa shape index (κ1) is 14.7. The second-order valence-corrected chi connectivity index (χ2v) is 5.02. The molecule has 0 aliphatic carbocycles. The van der Waals surface area contributed by atoms with Gasteiger partial charge >= 0.3 is 0 Å². The van der Waals surface area contributed by atoms with Crippen LogP contribution in [-0.2, 0) is 4.74 Å². The van der Waals surface area contributed by atoms with Crippen LogP contribution in [0, 0.1) is 11.3 Å². The molecule has 9 heteroatoms. The molecule has 2 aromatic heterocycles. The first-order valence-electron chi connectivity index (χ1n) is 6.74. The quantitative estimate of drug-likeness (QED) is 0.537. The van der Waals surface area contributed by atoms with E-state index in [1.807, 2.05) is 6.07 Å². The maximum absolute atomic E-state index is 10.1. The number of nitrogens with one attached hydrogen (secondary N) is 1. The predicted octanol–water partition coefficient (Wildman–Crippen LogP) is -1.51. The largest absolute Gasteiger partial charge is 0.394 e. The van der Waals surface area contributed by atoms with Crippen LogP contribution in [-0.4, -0.2) is 67.5 Å². The highest BCUT2D eigenvalue weighted by molar-refractivity contribution is 5.68. The van der Waals surface area contributed by atoms with Gasteiger partial charge in [0.15, 0.2) is 5.82 Å². The summed E-state index contributed by atoms with van der Waals surface area (Å²) >= 11 is 0. The zero-order valence-electron chi connectivity index (χ0n) is 11.5. The van der Waals surface area contributed by atoms with Gasteiger partial charge in [-0.05, 0) is 12.1 Å². The van der Waals surface area contributed by atoms with E-state index >= 15 is 0 Å². The van der Waals surface area contributed by atoms with Crippen LogP contribution in [0.4, 0.5) is 5.82 Å². The summed E-state index contributed by atoms with van der Waals surface area (Å²) in [6, 6.07) is 4.74.